The van der Waals surface area contributed by atoms with Crippen molar-refractivity contribution in [2.45, 2.75) is 33.9 Å². The third-order valence-electron chi connectivity index (χ3n) is 5.95. The number of amides is 1. The van der Waals surface area contributed by atoms with Gasteiger partial charge in [0.05, 0.1) is 18.4 Å². The smallest absolute Gasteiger partial charge is 0.416 e. The molecule has 0 radical (unpaired) electrons. The lowest BCUT2D eigenvalue weighted by molar-refractivity contribution is -0.137. The Balaban J connectivity index is 1.70. The summed E-state index contributed by atoms with van der Waals surface area (Å²) in [6, 6.07) is 14.4. The minimum absolute atomic E-state index is 0.269. The summed E-state index contributed by atoms with van der Waals surface area (Å²) in [5.41, 5.74) is 5.49. The van der Waals surface area contributed by atoms with E-state index >= 15 is 0 Å². The van der Waals surface area contributed by atoms with Crippen molar-refractivity contribution in [3.63, 3.8) is 0 Å². The van der Waals surface area contributed by atoms with Crippen LogP contribution < -0.4 is 10.1 Å². The van der Waals surface area contributed by atoms with Gasteiger partial charge >= 0.3 is 6.18 Å². The van der Waals surface area contributed by atoms with Gasteiger partial charge in [-0.1, -0.05) is 29.8 Å². The Labute approximate surface area is 207 Å². The van der Waals surface area contributed by atoms with Crippen LogP contribution in [0.15, 0.2) is 71.4 Å². The van der Waals surface area contributed by atoms with E-state index in [0.717, 1.165) is 45.3 Å². The number of hydrogen-bond acceptors (Lipinski definition) is 3. The Morgan fingerprint density at radius 3 is 2.33 bits per heavy atom. The van der Waals surface area contributed by atoms with Gasteiger partial charge in [-0.15, -0.1) is 0 Å². The number of anilines is 1. The minimum atomic E-state index is -4.43. The predicted octanol–water partition coefficient (Wildman–Crippen LogP) is 8.18. The normalized spacial score (nSPS) is 12.1. The number of rotatable bonds is 6. The topological polar surface area (TPSA) is 51.5 Å². The number of aryl methyl sites for hydroxylation is 2. The molecule has 0 saturated carbocycles. The molecule has 36 heavy (non-hydrogen) atoms. The second-order valence-corrected chi connectivity index (χ2v) is 8.60. The molecule has 0 fully saturated rings. The van der Waals surface area contributed by atoms with E-state index in [9.17, 15) is 18.0 Å². The van der Waals surface area contributed by atoms with Crippen LogP contribution in [-0.2, 0) is 11.0 Å². The number of alkyl halides is 3. The maximum Gasteiger partial charge on any atom is 0.416 e. The van der Waals surface area contributed by atoms with Crippen molar-refractivity contribution in [3.8, 4) is 16.9 Å². The Bertz CT molecular complexity index is 1430. The summed E-state index contributed by atoms with van der Waals surface area (Å²) in [6.07, 6.45) is -1.31. The lowest BCUT2D eigenvalue weighted by Gasteiger charge is -2.15. The molecular formula is C29H26F3NO3. The maximum absolute atomic E-state index is 12.8. The molecule has 0 bridgehead atoms. The van der Waals surface area contributed by atoms with E-state index in [2.05, 4.69) is 5.32 Å². The third-order valence-corrected chi connectivity index (χ3v) is 5.95. The largest absolute Gasteiger partial charge is 0.493 e. The number of fused-ring (bicyclic) bond motifs is 1. The first-order chi connectivity index (χ1) is 17.1. The zero-order valence-corrected chi connectivity index (χ0v) is 20.4. The molecule has 4 aromatic rings. The summed E-state index contributed by atoms with van der Waals surface area (Å²) in [7, 11) is 0. The summed E-state index contributed by atoms with van der Waals surface area (Å²) >= 11 is 0. The van der Waals surface area contributed by atoms with Gasteiger partial charge in [0.15, 0.2) is 0 Å². The summed E-state index contributed by atoms with van der Waals surface area (Å²) < 4.78 is 50.3. The van der Waals surface area contributed by atoms with Crippen molar-refractivity contribution in [2.75, 3.05) is 11.9 Å². The zero-order valence-electron chi connectivity index (χ0n) is 20.4. The van der Waals surface area contributed by atoms with E-state index in [-0.39, 0.29) is 5.69 Å². The van der Waals surface area contributed by atoms with Crippen molar-refractivity contribution < 1.29 is 27.1 Å². The van der Waals surface area contributed by atoms with Crippen LogP contribution in [0.4, 0.5) is 18.9 Å². The molecule has 1 amide bonds. The fourth-order valence-electron chi connectivity index (χ4n) is 4.09. The second-order valence-electron chi connectivity index (χ2n) is 8.60. The summed E-state index contributed by atoms with van der Waals surface area (Å²) in [5.74, 6) is 0.157. The molecule has 4 nitrogen and oxygen atoms in total. The van der Waals surface area contributed by atoms with Gasteiger partial charge in [0.25, 0.3) is 0 Å². The number of furan rings is 1. The lowest BCUT2D eigenvalue weighted by Crippen LogP contribution is -2.10. The standard InChI is InChI=1S/C29H26F3NO3/c1-5-35-27-19(4)28-24(25(16-36-28)20-8-6-17(2)7-9-20)15-23(27)18(3)14-26(34)33-22-12-10-21(11-13-22)29(30,31)32/h6-16H,5H2,1-4H3,(H,33,34)/b18-14+. The summed E-state index contributed by atoms with van der Waals surface area (Å²) in [6.45, 7) is 8.03. The second kappa shape index (κ2) is 9.93. The van der Waals surface area contributed by atoms with Crippen LogP contribution in [-0.4, -0.2) is 12.5 Å². The molecule has 0 unspecified atom stereocenters. The molecule has 0 spiro atoms. The highest BCUT2D eigenvalue weighted by molar-refractivity contribution is 6.06. The van der Waals surface area contributed by atoms with E-state index in [4.69, 9.17) is 9.15 Å². The van der Waals surface area contributed by atoms with Gasteiger partial charge < -0.3 is 14.5 Å². The summed E-state index contributed by atoms with van der Waals surface area (Å²) in [5, 5.41) is 3.51. The van der Waals surface area contributed by atoms with Gasteiger partial charge in [-0.2, -0.15) is 13.2 Å². The van der Waals surface area contributed by atoms with Crippen LogP contribution in [0.5, 0.6) is 5.75 Å². The van der Waals surface area contributed by atoms with E-state index in [1.165, 1.54) is 18.2 Å². The average molecular weight is 494 g/mol. The van der Waals surface area contributed by atoms with Gasteiger partial charge in [0.2, 0.25) is 5.91 Å². The van der Waals surface area contributed by atoms with Crippen molar-refractivity contribution in [1.29, 1.82) is 0 Å². The summed E-state index contributed by atoms with van der Waals surface area (Å²) in [4.78, 5) is 12.7. The number of benzene rings is 3. The highest BCUT2D eigenvalue weighted by atomic mass is 19.4. The Kier molecular flexibility index (Phi) is 6.93. The van der Waals surface area contributed by atoms with Gasteiger partial charge in [-0.3, -0.25) is 4.79 Å². The molecule has 0 saturated heterocycles. The van der Waals surface area contributed by atoms with E-state index in [1.807, 2.05) is 51.1 Å². The molecular weight excluding hydrogens is 467 g/mol. The van der Waals surface area contributed by atoms with Gasteiger partial charge in [0, 0.05) is 33.8 Å². The monoisotopic (exact) mass is 493 g/mol. The van der Waals surface area contributed by atoms with Crippen molar-refractivity contribution in [1.82, 2.24) is 0 Å². The number of carbonyl (C=O) groups excluding carboxylic acids is 1. The number of nitrogens with one attached hydrogen (secondary N) is 1. The van der Waals surface area contributed by atoms with Crippen LogP contribution in [0.1, 0.15) is 36.1 Å². The third kappa shape index (κ3) is 5.15. The number of carbonyl (C=O) groups is 1. The van der Waals surface area contributed by atoms with E-state index in [0.29, 0.717) is 23.5 Å². The number of ether oxygens (including phenoxy) is 1. The first-order valence-corrected chi connectivity index (χ1v) is 11.5. The lowest BCUT2D eigenvalue weighted by atomic mass is 9.96. The molecule has 1 N–H and O–H groups in total. The van der Waals surface area contributed by atoms with Crippen molar-refractivity contribution >= 4 is 28.1 Å². The molecule has 3 aromatic carbocycles. The van der Waals surface area contributed by atoms with Crippen LogP contribution in [0, 0.1) is 13.8 Å². The number of hydrogen-bond donors (Lipinski definition) is 1. The molecule has 0 aliphatic heterocycles. The van der Waals surface area contributed by atoms with Crippen LogP contribution >= 0.6 is 0 Å². The fraction of sp³-hybridized carbons (Fsp3) is 0.207. The fourth-order valence-corrected chi connectivity index (χ4v) is 4.09. The van der Waals surface area contributed by atoms with E-state index in [1.54, 1.807) is 13.2 Å². The molecule has 0 aliphatic rings. The molecule has 0 atom stereocenters. The van der Waals surface area contributed by atoms with E-state index < -0.39 is 17.6 Å². The predicted molar refractivity (Wildman–Crippen MR) is 136 cm³/mol. The maximum atomic E-state index is 12.8. The first kappa shape index (κ1) is 25.1. The SMILES string of the molecule is CCOc1c(/C(C)=C/C(=O)Nc2ccc(C(F)(F)F)cc2)cc2c(-c3ccc(C)cc3)coc2c1C. The Morgan fingerprint density at radius 2 is 1.72 bits per heavy atom. The Hall–Kier alpha value is -4.00. The molecule has 1 aromatic heterocycles. The first-order valence-electron chi connectivity index (χ1n) is 11.5. The van der Waals surface area contributed by atoms with Gasteiger partial charge in [0.1, 0.15) is 11.3 Å². The average Bonchev–Trinajstić information content (AvgIpc) is 3.25. The Morgan fingerprint density at radius 1 is 1.06 bits per heavy atom. The highest BCUT2D eigenvalue weighted by Crippen LogP contribution is 2.41. The van der Waals surface area contributed by atoms with Crippen molar-refractivity contribution in [2.24, 2.45) is 0 Å². The van der Waals surface area contributed by atoms with Crippen LogP contribution in [0.25, 0.3) is 27.7 Å². The quantitative estimate of drug-likeness (QED) is 0.276. The molecule has 1 heterocycles. The molecule has 7 heteroatoms. The molecule has 0 aliphatic carbocycles. The number of halogens is 3. The molecule has 4 rings (SSSR count). The minimum Gasteiger partial charge on any atom is -0.493 e. The highest BCUT2D eigenvalue weighted by Gasteiger charge is 2.30. The van der Waals surface area contributed by atoms with Crippen LogP contribution in [0.3, 0.4) is 0 Å². The van der Waals surface area contributed by atoms with Crippen molar-refractivity contribution in [3.05, 3.63) is 89.2 Å². The van der Waals surface area contributed by atoms with Crippen LogP contribution in [0.2, 0.25) is 0 Å². The van der Waals surface area contributed by atoms with Gasteiger partial charge in [-0.25, -0.2) is 0 Å². The zero-order chi connectivity index (χ0) is 26.0. The number of allylic oxidation sites excluding steroid dienone is 1. The van der Waals surface area contributed by atoms with Gasteiger partial charge in [-0.05, 0) is 69.2 Å². The molecule has 186 valence electrons.